The zero-order valence-electron chi connectivity index (χ0n) is 24.5. The van der Waals surface area contributed by atoms with Crippen LogP contribution in [-0.2, 0) is 16.1 Å². The van der Waals surface area contributed by atoms with E-state index >= 15 is 0 Å². The average molecular weight is 609 g/mol. The number of benzene rings is 2. The maximum Gasteiger partial charge on any atom is 0.234 e. The molecule has 0 aromatic heterocycles. The Morgan fingerprint density at radius 3 is 2.44 bits per heavy atom. The summed E-state index contributed by atoms with van der Waals surface area (Å²) >= 11 is 6.24. The third-order valence-corrected chi connectivity index (χ3v) is 9.66. The number of fused-ring (bicyclic) bond motifs is 1. The molecular formula is C34H41ClN2O6. The fourth-order valence-electron chi connectivity index (χ4n) is 7.16. The van der Waals surface area contributed by atoms with Crippen LogP contribution in [0.4, 0.5) is 0 Å². The number of imide groups is 1. The molecule has 0 unspecified atom stereocenters. The molecule has 2 aliphatic heterocycles. The van der Waals surface area contributed by atoms with Crippen LogP contribution in [0.3, 0.4) is 0 Å². The number of aliphatic hydroxyl groups is 3. The summed E-state index contributed by atoms with van der Waals surface area (Å²) in [5, 5.41) is 42.1. The van der Waals surface area contributed by atoms with Crippen molar-refractivity contribution in [2.24, 2.45) is 17.8 Å². The Kier molecular flexibility index (Phi) is 10.0. The van der Waals surface area contributed by atoms with Crippen molar-refractivity contribution in [3.63, 3.8) is 0 Å². The number of aliphatic hydroxyl groups excluding tert-OH is 3. The van der Waals surface area contributed by atoms with Gasteiger partial charge >= 0.3 is 0 Å². The normalized spacial score (nSPS) is 24.5. The second-order valence-electron chi connectivity index (χ2n) is 12.1. The molecule has 0 saturated carbocycles. The fraction of sp³-hybridized carbons (Fsp3) is 0.471. The summed E-state index contributed by atoms with van der Waals surface area (Å²) in [6.45, 7) is 3.57. The van der Waals surface area contributed by atoms with Gasteiger partial charge in [0.2, 0.25) is 11.8 Å². The number of amides is 2. The van der Waals surface area contributed by atoms with Gasteiger partial charge in [-0.25, -0.2) is 0 Å². The molecule has 1 aliphatic carbocycles. The first-order chi connectivity index (χ1) is 20.7. The molecule has 0 bridgehead atoms. The summed E-state index contributed by atoms with van der Waals surface area (Å²) in [5.74, 6) is -2.52. The molecule has 2 saturated heterocycles. The number of phenols is 1. The van der Waals surface area contributed by atoms with Gasteiger partial charge in [0.05, 0.1) is 36.2 Å². The van der Waals surface area contributed by atoms with E-state index in [1.807, 2.05) is 31.2 Å². The Labute approximate surface area is 257 Å². The van der Waals surface area contributed by atoms with Gasteiger partial charge in [0.15, 0.2) is 0 Å². The van der Waals surface area contributed by atoms with E-state index in [4.69, 9.17) is 11.6 Å². The van der Waals surface area contributed by atoms with Crippen molar-refractivity contribution in [1.82, 2.24) is 9.80 Å². The number of likely N-dealkylation sites (tertiary alicyclic amines) is 2. The summed E-state index contributed by atoms with van der Waals surface area (Å²) in [6.07, 6.45) is 3.31. The predicted octanol–water partition coefficient (Wildman–Crippen LogP) is 4.16. The molecule has 4 N–H and O–H groups in total. The highest BCUT2D eigenvalue weighted by molar-refractivity contribution is 6.32. The Morgan fingerprint density at radius 1 is 1.07 bits per heavy atom. The monoisotopic (exact) mass is 608 g/mol. The van der Waals surface area contributed by atoms with Crippen molar-refractivity contribution in [3.05, 3.63) is 81.4 Å². The smallest absolute Gasteiger partial charge is 0.234 e. The molecule has 3 aliphatic rings. The van der Waals surface area contributed by atoms with Gasteiger partial charge in [-0.05, 0) is 79.5 Å². The van der Waals surface area contributed by atoms with Gasteiger partial charge in [0.25, 0.3) is 0 Å². The van der Waals surface area contributed by atoms with Crippen LogP contribution in [0.2, 0.25) is 5.02 Å². The number of carbonyl (C=O) groups excluding carboxylic acids is 2. The Hall–Kier alpha value is -3.01. The van der Waals surface area contributed by atoms with Gasteiger partial charge in [-0.1, -0.05) is 53.6 Å². The summed E-state index contributed by atoms with van der Waals surface area (Å²) < 4.78 is 0. The Balaban J connectivity index is 1.26. The zero-order valence-corrected chi connectivity index (χ0v) is 25.3. The van der Waals surface area contributed by atoms with Crippen LogP contribution in [0.15, 0.2) is 65.3 Å². The van der Waals surface area contributed by atoms with E-state index in [1.165, 1.54) is 16.5 Å². The van der Waals surface area contributed by atoms with Gasteiger partial charge in [0, 0.05) is 31.6 Å². The minimum Gasteiger partial charge on any atom is -0.508 e. The molecule has 2 aromatic carbocycles. The maximum absolute atomic E-state index is 13.9. The lowest BCUT2D eigenvalue weighted by Gasteiger charge is -2.36. The third kappa shape index (κ3) is 6.74. The molecule has 2 heterocycles. The van der Waals surface area contributed by atoms with Crippen molar-refractivity contribution in [1.29, 1.82) is 0 Å². The summed E-state index contributed by atoms with van der Waals surface area (Å²) in [4.78, 5) is 31.3. The second kappa shape index (κ2) is 13.7. The molecule has 43 heavy (non-hydrogen) atoms. The molecule has 2 amide bonds. The van der Waals surface area contributed by atoms with E-state index in [2.05, 4.69) is 17.0 Å². The van der Waals surface area contributed by atoms with E-state index in [0.717, 1.165) is 30.8 Å². The summed E-state index contributed by atoms with van der Waals surface area (Å²) in [6, 6.07) is 14.8. The van der Waals surface area contributed by atoms with Gasteiger partial charge in [0.1, 0.15) is 5.75 Å². The van der Waals surface area contributed by atoms with E-state index < -0.39 is 30.5 Å². The van der Waals surface area contributed by atoms with Gasteiger partial charge in [-0.3, -0.25) is 19.4 Å². The molecule has 0 radical (unpaired) electrons. The first-order valence-electron chi connectivity index (χ1n) is 15.1. The number of hydrogen-bond donors (Lipinski definition) is 4. The van der Waals surface area contributed by atoms with Crippen molar-refractivity contribution >= 4 is 29.5 Å². The van der Waals surface area contributed by atoms with Gasteiger partial charge in [-0.2, -0.15) is 0 Å². The van der Waals surface area contributed by atoms with E-state index in [9.17, 15) is 30.0 Å². The molecule has 230 valence electrons. The zero-order chi connectivity index (χ0) is 30.7. The van der Waals surface area contributed by atoms with Crippen LogP contribution in [-0.4, -0.2) is 80.5 Å². The summed E-state index contributed by atoms with van der Waals surface area (Å²) in [7, 11) is 0. The number of phenolic OH excluding ortho intramolecular Hbond substituents is 1. The highest BCUT2D eigenvalue weighted by atomic mass is 35.5. The van der Waals surface area contributed by atoms with Crippen LogP contribution >= 0.6 is 11.6 Å². The van der Waals surface area contributed by atoms with Crippen LogP contribution < -0.4 is 0 Å². The number of allylic oxidation sites excluding steroid dienone is 1. The highest BCUT2D eigenvalue weighted by Crippen LogP contribution is 2.47. The molecule has 2 aromatic rings. The SMILES string of the molecule is C/C(=C\c1ccc(O)cc1Cl)CC[C@@H](O)C1=C(CO)C[C@H]2C(=O)N(C3CCN(Cc4ccccc4)CC3)C(=O)[C@H]2[C@H]1CO. The number of hydrogen-bond acceptors (Lipinski definition) is 7. The highest BCUT2D eigenvalue weighted by Gasteiger charge is 2.56. The number of piperidine rings is 1. The van der Waals surface area contributed by atoms with Crippen molar-refractivity contribution in [2.45, 2.75) is 57.7 Å². The topological polar surface area (TPSA) is 122 Å². The lowest BCUT2D eigenvalue weighted by Crippen LogP contribution is -2.47. The van der Waals surface area contributed by atoms with E-state index in [-0.39, 0.29) is 36.6 Å². The number of rotatable bonds is 10. The van der Waals surface area contributed by atoms with Crippen molar-refractivity contribution in [3.8, 4) is 5.75 Å². The number of halogens is 1. The molecule has 9 heteroatoms. The number of nitrogens with zero attached hydrogens (tertiary/aromatic N) is 2. The third-order valence-electron chi connectivity index (χ3n) is 9.33. The largest absolute Gasteiger partial charge is 0.508 e. The lowest BCUT2D eigenvalue weighted by molar-refractivity contribution is -0.144. The molecule has 5 rings (SSSR count). The van der Waals surface area contributed by atoms with Crippen LogP contribution in [0.25, 0.3) is 6.08 Å². The van der Waals surface area contributed by atoms with E-state index in [1.54, 1.807) is 12.1 Å². The lowest BCUT2D eigenvalue weighted by atomic mass is 9.68. The number of aromatic hydroxyl groups is 1. The average Bonchev–Trinajstić information content (AvgIpc) is 3.26. The molecule has 8 nitrogen and oxygen atoms in total. The molecule has 0 spiro atoms. The van der Waals surface area contributed by atoms with Crippen LogP contribution in [0.5, 0.6) is 5.75 Å². The molecule has 4 atom stereocenters. The minimum absolute atomic E-state index is 0.0800. The Morgan fingerprint density at radius 2 is 1.79 bits per heavy atom. The van der Waals surface area contributed by atoms with Crippen LogP contribution in [0, 0.1) is 17.8 Å². The molecular weight excluding hydrogens is 568 g/mol. The minimum atomic E-state index is -0.989. The van der Waals surface area contributed by atoms with Crippen LogP contribution in [0.1, 0.15) is 50.2 Å². The second-order valence-corrected chi connectivity index (χ2v) is 12.5. The van der Waals surface area contributed by atoms with Gasteiger partial charge in [-0.15, -0.1) is 0 Å². The van der Waals surface area contributed by atoms with E-state index in [0.29, 0.717) is 41.9 Å². The standard InChI is InChI=1S/C34H41ClN2O6/c1-21(15-23-8-9-26(40)17-29(23)35)7-10-30(41)31-24(19-38)16-27-32(28(31)20-39)34(43)37(33(27)42)25-11-13-36(14-12-25)18-22-5-3-2-4-6-22/h2-6,8-9,15,17,25,27-28,30,32,38-41H,7,10-14,16,18-20H2,1H3/b21-15+/t27-,28+,30-,32-/m1/s1. The van der Waals surface area contributed by atoms with Crippen molar-refractivity contribution < 1.29 is 30.0 Å². The summed E-state index contributed by atoms with van der Waals surface area (Å²) in [5.41, 5.74) is 3.95. The number of carbonyl (C=O) groups is 2. The predicted molar refractivity (Wildman–Crippen MR) is 165 cm³/mol. The molecule has 2 fully saturated rings. The van der Waals surface area contributed by atoms with Crippen molar-refractivity contribution in [2.75, 3.05) is 26.3 Å². The maximum atomic E-state index is 13.9. The first kappa shape index (κ1) is 31.4. The quantitative estimate of drug-likeness (QED) is 0.236. The van der Waals surface area contributed by atoms with Gasteiger partial charge < -0.3 is 20.4 Å². The first-order valence-corrected chi connectivity index (χ1v) is 15.5. The Bertz CT molecular complexity index is 1380. The fourth-order valence-corrected chi connectivity index (χ4v) is 7.39.